The summed E-state index contributed by atoms with van der Waals surface area (Å²) in [4.78, 5) is 12.5. The van der Waals surface area contributed by atoms with Gasteiger partial charge < -0.3 is 5.32 Å². The molecule has 2 aromatic heterocycles. The molecule has 2 heterocycles. The lowest BCUT2D eigenvalue weighted by molar-refractivity contribution is -0.119. The molecule has 0 spiro atoms. The van der Waals surface area contributed by atoms with Crippen molar-refractivity contribution in [3.8, 4) is 0 Å². The van der Waals surface area contributed by atoms with E-state index in [-0.39, 0.29) is 11.8 Å². The first-order valence-electron chi connectivity index (χ1n) is 8.60. The number of amides is 1. The van der Waals surface area contributed by atoms with Gasteiger partial charge in [0.2, 0.25) is 5.91 Å². The van der Waals surface area contributed by atoms with Crippen LogP contribution in [0.25, 0.3) is 0 Å². The Kier molecular flexibility index (Phi) is 6.01. The van der Waals surface area contributed by atoms with Crippen LogP contribution in [-0.2, 0) is 17.9 Å². The van der Waals surface area contributed by atoms with Gasteiger partial charge in [-0.15, -0.1) is 0 Å². The van der Waals surface area contributed by atoms with Gasteiger partial charge in [-0.3, -0.25) is 14.2 Å². The van der Waals surface area contributed by atoms with Gasteiger partial charge in [0.15, 0.2) is 0 Å². The first-order chi connectivity index (χ1) is 12.8. The van der Waals surface area contributed by atoms with Gasteiger partial charge in [0.1, 0.15) is 0 Å². The second kappa shape index (κ2) is 8.27. The number of halogens is 2. The summed E-state index contributed by atoms with van der Waals surface area (Å²) in [5.74, 6) is -0.337. The number of nitrogens with zero attached hydrogens (tertiary/aromatic N) is 4. The molecule has 1 atom stereocenters. The summed E-state index contributed by atoms with van der Waals surface area (Å²) in [5.41, 5.74) is 3.46. The number of carbonyl (C=O) groups excluding carboxylic acids is 1. The number of benzene rings is 1. The second-order valence-electron chi connectivity index (χ2n) is 6.61. The van der Waals surface area contributed by atoms with Crippen LogP contribution in [0.15, 0.2) is 41.1 Å². The molecule has 0 saturated heterocycles. The van der Waals surface area contributed by atoms with Crippen LogP contribution in [-0.4, -0.2) is 25.5 Å². The fourth-order valence-electron chi connectivity index (χ4n) is 2.75. The Balaban J connectivity index is 1.59. The average Bonchev–Trinajstić information content (AvgIpc) is 3.17. The number of hydrogen-bond donors (Lipinski definition) is 1. The van der Waals surface area contributed by atoms with Crippen LogP contribution < -0.4 is 5.32 Å². The molecule has 0 saturated carbocycles. The summed E-state index contributed by atoms with van der Waals surface area (Å²) < 4.78 is 4.61. The maximum atomic E-state index is 12.5. The van der Waals surface area contributed by atoms with Crippen LogP contribution >= 0.6 is 27.5 Å². The van der Waals surface area contributed by atoms with Crippen molar-refractivity contribution in [3.05, 3.63) is 63.1 Å². The minimum atomic E-state index is -0.256. The lowest BCUT2D eigenvalue weighted by atomic mass is 10.1. The Morgan fingerprint density at radius 3 is 2.63 bits per heavy atom. The number of nitrogens with one attached hydrogen (secondary N) is 1. The topological polar surface area (TPSA) is 64.7 Å². The summed E-state index contributed by atoms with van der Waals surface area (Å²) in [7, 11) is 0. The van der Waals surface area contributed by atoms with Crippen molar-refractivity contribution in [2.75, 3.05) is 5.32 Å². The van der Waals surface area contributed by atoms with Gasteiger partial charge in [-0.1, -0.05) is 46.6 Å². The van der Waals surface area contributed by atoms with E-state index >= 15 is 0 Å². The van der Waals surface area contributed by atoms with Gasteiger partial charge in [-0.25, -0.2) is 0 Å². The molecule has 0 aliphatic carbocycles. The lowest BCUT2D eigenvalue weighted by Crippen LogP contribution is -2.25. The third kappa shape index (κ3) is 4.78. The van der Waals surface area contributed by atoms with E-state index in [1.54, 1.807) is 15.6 Å². The number of carbonyl (C=O) groups is 1. The normalized spacial score (nSPS) is 12.2. The number of hydrogen-bond acceptors (Lipinski definition) is 3. The fourth-order valence-corrected chi connectivity index (χ4v) is 3.15. The van der Waals surface area contributed by atoms with E-state index in [9.17, 15) is 4.79 Å². The lowest BCUT2D eigenvalue weighted by Gasteiger charge is -2.12. The molecular weight excluding hydrogens is 430 g/mol. The number of anilines is 1. The third-order valence-electron chi connectivity index (χ3n) is 4.35. The molecule has 3 rings (SSSR count). The average molecular weight is 451 g/mol. The highest BCUT2D eigenvalue weighted by Gasteiger charge is 2.18. The van der Waals surface area contributed by atoms with Crippen LogP contribution in [0.4, 0.5) is 5.69 Å². The predicted octanol–water partition coefficient (Wildman–Crippen LogP) is 4.44. The van der Waals surface area contributed by atoms with Crippen LogP contribution in [0.3, 0.4) is 0 Å². The quantitative estimate of drug-likeness (QED) is 0.604. The highest BCUT2D eigenvalue weighted by atomic mass is 79.9. The Bertz CT molecular complexity index is 948. The van der Waals surface area contributed by atoms with Gasteiger partial charge in [-0.2, -0.15) is 10.2 Å². The summed E-state index contributed by atoms with van der Waals surface area (Å²) in [5, 5.41) is 12.3. The monoisotopic (exact) mass is 449 g/mol. The molecule has 3 aromatic rings. The molecule has 0 aliphatic rings. The first-order valence-corrected chi connectivity index (χ1v) is 9.78. The smallest absolute Gasteiger partial charge is 0.229 e. The third-order valence-corrected chi connectivity index (χ3v) is 5.42. The molecule has 1 N–H and O–H groups in total. The van der Waals surface area contributed by atoms with E-state index in [1.165, 1.54) is 0 Å². The van der Waals surface area contributed by atoms with Crippen LogP contribution in [0, 0.1) is 19.8 Å². The molecule has 0 fully saturated rings. The Morgan fingerprint density at radius 1 is 1.30 bits per heavy atom. The fraction of sp³-hybridized carbons (Fsp3) is 0.316. The largest absolute Gasteiger partial charge is 0.323 e. The maximum Gasteiger partial charge on any atom is 0.229 e. The molecule has 1 amide bonds. The molecule has 8 heteroatoms. The molecule has 0 bridgehead atoms. The van der Waals surface area contributed by atoms with E-state index in [2.05, 4.69) is 31.4 Å². The molecule has 0 radical (unpaired) electrons. The zero-order valence-electron chi connectivity index (χ0n) is 15.4. The molecule has 142 valence electrons. The van der Waals surface area contributed by atoms with Gasteiger partial charge in [0.05, 0.1) is 47.3 Å². The van der Waals surface area contributed by atoms with Crippen molar-refractivity contribution in [3.63, 3.8) is 0 Å². The van der Waals surface area contributed by atoms with E-state index in [1.807, 2.05) is 51.2 Å². The van der Waals surface area contributed by atoms with E-state index in [0.717, 1.165) is 21.4 Å². The van der Waals surface area contributed by atoms with Crippen molar-refractivity contribution in [1.29, 1.82) is 0 Å². The van der Waals surface area contributed by atoms with Gasteiger partial charge >= 0.3 is 0 Å². The Morgan fingerprint density at radius 2 is 2.00 bits per heavy atom. The minimum absolute atomic E-state index is 0.0816. The number of aromatic nitrogens is 4. The molecular formula is C19H21BrClN5O. The van der Waals surface area contributed by atoms with Crippen molar-refractivity contribution in [2.24, 2.45) is 5.92 Å². The maximum absolute atomic E-state index is 12.5. The zero-order chi connectivity index (χ0) is 19.6. The Labute approximate surface area is 171 Å². The summed E-state index contributed by atoms with van der Waals surface area (Å²) >= 11 is 9.60. The summed E-state index contributed by atoms with van der Waals surface area (Å²) in [6.07, 6.45) is 3.48. The highest BCUT2D eigenvalue weighted by Crippen LogP contribution is 2.20. The van der Waals surface area contributed by atoms with Crippen LogP contribution in [0.2, 0.25) is 5.02 Å². The van der Waals surface area contributed by atoms with Gasteiger partial charge in [0, 0.05) is 10.7 Å². The summed E-state index contributed by atoms with van der Waals surface area (Å²) in [6, 6.07) is 8.06. The second-order valence-corrected chi connectivity index (χ2v) is 7.90. The van der Waals surface area contributed by atoms with E-state index in [4.69, 9.17) is 11.6 Å². The molecule has 1 unspecified atom stereocenters. The zero-order valence-corrected chi connectivity index (χ0v) is 17.8. The van der Waals surface area contributed by atoms with Gasteiger partial charge in [0.25, 0.3) is 0 Å². The van der Waals surface area contributed by atoms with Crippen LogP contribution in [0.5, 0.6) is 0 Å². The van der Waals surface area contributed by atoms with Gasteiger partial charge in [-0.05, 0) is 31.5 Å². The first kappa shape index (κ1) is 19.6. The number of rotatable bonds is 6. The molecule has 27 heavy (non-hydrogen) atoms. The van der Waals surface area contributed by atoms with Crippen molar-refractivity contribution in [1.82, 2.24) is 19.6 Å². The van der Waals surface area contributed by atoms with Crippen molar-refractivity contribution in [2.45, 2.75) is 33.9 Å². The van der Waals surface area contributed by atoms with Crippen molar-refractivity contribution < 1.29 is 4.79 Å². The number of aryl methyl sites for hydroxylation is 1. The molecule has 0 aliphatic heterocycles. The van der Waals surface area contributed by atoms with E-state index < -0.39 is 0 Å². The molecule has 1 aromatic carbocycles. The van der Waals surface area contributed by atoms with Crippen molar-refractivity contribution >= 4 is 39.1 Å². The van der Waals surface area contributed by atoms with E-state index in [0.29, 0.717) is 23.8 Å². The Hall–Kier alpha value is -2.12. The van der Waals surface area contributed by atoms with Crippen LogP contribution in [0.1, 0.15) is 23.9 Å². The molecule has 6 nitrogen and oxygen atoms in total. The predicted molar refractivity (Wildman–Crippen MR) is 110 cm³/mol. The SMILES string of the molecule is Cc1nn(CC(C)C(=O)Nc2cnn(Cc3ccc(Br)cc3)c2)c(C)c1Cl. The highest BCUT2D eigenvalue weighted by molar-refractivity contribution is 9.10. The minimum Gasteiger partial charge on any atom is -0.323 e. The summed E-state index contributed by atoms with van der Waals surface area (Å²) in [6.45, 7) is 6.74. The standard InChI is InChI=1S/C19H21BrClN5O/c1-12(9-26-14(3)18(21)13(2)24-26)19(27)23-17-8-22-25(11-17)10-15-4-6-16(20)7-5-15/h4-8,11-12H,9-10H2,1-3H3,(H,23,27).